The Morgan fingerprint density at radius 3 is 2.56 bits per heavy atom. The quantitative estimate of drug-likeness (QED) is 0.827. The number of likely N-dealkylation sites (N-methyl/N-ethyl adjacent to an activating group) is 1. The molecule has 1 aliphatic carbocycles. The van der Waals surface area contributed by atoms with Gasteiger partial charge in [0.2, 0.25) is 0 Å². The van der Waals surface area contributed by atoms with Crippen LogP contribution < -0.4 is 10.6 Å². The van der Waals surface area contributed by atoms with Crippen molar-refractivity contribution in [2.45, 2.75) is 44.1 Å². The van der Waals surface area contributed by atoms with Gasteiger partial charge in [-0.15, -0.1) is 0 Å². The predicted octanol–water partition coefficient (Wildman–Crippen LogP) is 4.01. The molecular weight excluding hydrogens is 312 g/mol. The molecule has 1 heterocycles. The molecule has 1 fully saturated rings. The number of hydrogen-bond donors (Lipinski definition) is 2. The van der Waals surface area contributed by atoms with Crippen LogP contribution in [0.5, 0.6) is 0 Å². The summed E-state index contributed by atoms with van der Waals surface area (Å²) in [6.45, 7) is 0.671. The van der Waals surface area contributed by atoms with Gasteiger partial charge in [-0.1, -0.05) is 43.9 Å². The summed E-state index contributed by atoms with van der Waals surface area (Å²) in [7, 11) is 4.25. The lowest BCUT2D eigenvalue weighted by Gasteiger charge is -2.39. The second-order valence-electron chi connectivity index (χ2n) is 7.22. The van der Waals surface area contributed by atoms with Crippen molar-refractivity contribution >= 4 is 22.6 Å². The van der Waals surface area contributed by atoms with Crippen LogP contribution in [-0.4, -0.2) is 42.1 Å². The minimum Gasteiger partial charge on any atom is -0.336 e. The van der Waals surface area contributed by atoms with Crippen molar-refractivity contribution < 1.29 is 4.79 Å². The minimum atomic E-state index is -0.163. The van der Waals surface area contributed by atoms with E-state index < -0.39 is 0 Å². The van der Waals surface area contributed by atoms with Gasteiger partial charge in [-0.25, -0.2) is 4.79 Å². The van der Waals surface area contributed by atoms with E-state index in [4.69, 9.17) is 0 Å². The molecule has 1 aromatic carbocycles. The number of fused-ring (bicyclic) bond motifs is 1. The molecule has 5 heteroatoms. The van der Waals surface area contributed by atoms with Gasteiger partial charge in [-0.2, -0.15) is 0 Å². The molecule has 1 saturated carbocycles. The van der Waals surface area contributed by atoms with Crippen LogP contribution in [0.4, 0.5) is 10.5 Å². The van der Waals surface area contributed by atoms with Crippen molar-refractivity contribution in [2.75, 3.05) is 26.0 Å². The van der Waals surface area contributed by atoms with Gasteiger partial charge < -0.3 is 15.5 Å². The van der Waals surface area contributed by atoms with Gasteiger partial charge in [-0.3, -0.25) is 4.98 Å². The predicted molar refractivity (Wildman–Crippen MR) is 103 cm³/mol. The van der Waals surface area contributed by atoms with Crippen LogP contribution in [-0.2, 0) is 0 Å². The molecule has 134 valence electrons. The molecule has 0 spiro atoms. The first-order chi connectivity index (χ1) is 12.1. The molecule has 0 unspecified atom stereocenters. The zero-order valence-electron chi connectivity index (χ0n) is 15.2. The number of para-hydroxylation sites is 1. The summed E-state index contributed by atoms with van der Waals surface area (Å²) in [5.74, 6) is 0. The fraction of sp³-hybridized carbons (Fsp3) is 0.500. The van der Waals surface area contributed by atoms with Crippen molar-refractivity contribution in [1.82, 2.24) is 15.2 Å². The van der Waals surface area contributed by atoms with E-state index in [1.165, 1.54) is 25.7 Å². The number of urea groups is 1. The van der Waals surface area contributed by atoms with Gasteiger partial charge >= 0.3 is 6.03 Å². The normalized spacial score (nSPS) is 17.2. The van der Waals surface area contributed by atoms with Crippen LogP contribution in [0.2, 0.25) is 0 Å². The largest absolute Gasteiger partial charge is 0.336 e. The van der Waals surface area contributed by atoms with Gasteiger partial charge in [0.1, 0.15) is 0 Å². The maximum Gasteiger partial charge on any atom is 0.319 e. The van der Waals surface area contributed by atoms with E-state index in [1.807, 2.05) is 30.3 Å². The molecule has 2 aromatic rings. The molecular formula is C20H28N4O. The van der Waals surface area contributed by atoms with Gasteiger partial charge in [0, 0.05) is 23.7 Å². The molecule has 0 bridgehead atoms. The zero-order valence-corrected chi connectivity index (χ0v) is 15.2. The third-order valence-electron chi connectivity index (χ3n) is 5.44. The summed E-state index contributed by atoms with van der Waals surface area (Å²) >= 11 is 0. The van der Waals surface area contributed by atoms with Crippen molar-refractivity contribution in [3.05, 3.63) is 36.5 Å². The number of carbonyl (C=O) groups is 1. The molecule has 0 saturated heterocycles. The summed E-state index contributed by atoms with van der Waals surface area (Å²) in [6.07, 6.45) is 9.07. The number of hydrogen-bond acceptors (Lipinski definition) is 3. The highest BCUT2D eigenvalue weighted by Gasteiger charge is 2.33. The van der Waals surface area contributed by atoms with Gasteiger partial charge in [0.05, 0.1) is 11.2 Å². The fourth-order valence-electron chi connectivity index (χ4n) is 3.79. The first kappa shape index (κ1) is 17.7. The van der Waals surface area contributed by atoms with Crippen LogP contribution >= 0.6 is 0 Å². The Kier molecular flexibility index (Phi) is 5.53. The molecule has 25 heavy (non-hydrogen) atoms. The van der Waals surface area contributed by atoms with E-state index in [0.717, 1.165) is 29.4 Å². The van der Waals surface area contributed by atoms with Crippen molar-refractivity contribution in [3.8, 4) is 0 Å². The Balaban J connectivity index is 1.67. The summed E-state index contributed by atoms with van der Waals surface area (Å²) in [4.78, 5) is 19.2. The van der Waals surface area contributed by atoms with Crippen LogP contribution in [0.15, 0.2) is 36.5 Å². The average Bonchev–Trinajstić information content (AvgIpc) is 2.87. The van der Waals surface area contributed by atoms with Gasteiger partial charge in [-0.05, 0) is 39.1 Å². The third kappa shape index (κ3) is 4.10. The maximum atomic E-state index is 12.5. The molecule has 1 aromatic heterocycles. The van der Waals surface area contributed by atoms with Crippen molar-refractivity contribution in [2.24, 2.45) is 0 Å². The van der Waals surface area contributed by atoms with Crippen molar-refractivity contribution in [3.63, 3.8) is 0 Å². The van der Waals surface area contributed by atoms with E-state index in [1.54, 1.807) is 6.20 Å². The smallest absolute Gasteiger partial charge is 0.319 e. The number of nitrogens with zero attached hydrogens (tertiary/aromatic N) is 2. The van der Waals surface area contributed by atoms with Crippen LogP contribution in [0.1, 0.15) is 38.5 Å². The number of carbonyl (C=O) groups excluding carboxylic acids is 1. The highest BCUT2D eigenvalue weighted by atomic mass is 16.2. The molecule has 0 aliphatic heterocycles. The molecule has 3 rings (SSSR count). The fourth-order valence-corrected chi connectivity index (χ4v) is 3.79. The summed E-state index contributed by atoms with van der Waals surface area (Å²) in [6, 6.07) is 9.56. The van der Waals surface area contributed by atoms with E-state index in [9.17, 15) is 4.79 Å². The Morgan fingerprint density at radius 2 is 1.84 bits per heavy atom. The second kappa shape index (κ2) is 7.83. The van der Waals surface area contributed by atoms with E-state index in [2.05, 4.69) is 34.6 Å². The van der Waals surface area contributed by atoms with Crippen LogP contribution in [0.3, 0.4) is 0 Å². The number of nitrogens with one attached hydrogen (secondary N) is 2. The lowest BCUT2D eigenvalue weighted by Crippen LogP contribution is -2.53. The average molecular weight is 340 g/mol. The highest BCUT2D eigenvalue weighted by Crippen LogP contribution is 2.30. The monoisotopic (exact) mass is 340 g/mol. The maximum absolute atomic E-state index is 12.5. The Morgan fingerprint density at radius 1 is 1.12 bits per heavy atom. The Bertz CT molecular complexity index is 715. The first-order valence-corrected chi connectivity index (χ1v) is 9.17. The van der Waals surface area contributed by atoms with E-state index >= 15 is 0 Å². The highest BCUT2D eigenvalue weighted by molar-refractivity contribution is 5.99. The number of anilines is 1. The first-order valence-electron chi connectivity index (χ1n) is 9.17. The number of pyridine rings is 1. The number of aromatic nitrogens is 1. The van der Waals surface area contributed by atoms with Gasteiger partial charge in [0.25, 0.3) is 0 Å². The number of amides is 2. The molecule has 0 atom stereocenters. The molecule has 2 N–H and O–H groups in total. The standard InChI is InChI=1S/C20H28N4O/c1-24(2)20(12-5-3-4-6-13-20)15-22-19(25)23-17-11-7-9-16-10-8-14-21-18(16)17/h7-11,14H,3-6,12-13,15H2,1-2H3,(H2,22,23,25). The molecule has 2 amide bonds. The number of rotatable bonds is 4. The molecule has 1 aliphatic rings. The molecule has 5 nitrogen and oxygen atoms in total. The van der Waals surface area contributed by atoms with Crippen LogP contribution in [0.25, 0.3) is 10.9 Å². The Hall–Kier alpha value is -2.14. The van der Waals surface area contributed by atoms with Crippen LogP contribution in [0, 0.1) is 0 Å². The van der Waals surface area contributed by atoms with E-state index in [0.29, 0.717) is 6.54 Å². The van der Waals surface area contributed by atoms with E-state index in [-0.39, 0.29) is 11.6 Å². The lowest BCUT2D eigenvalue weighted by atomic mass is 9.89. The SMILES string of the molecule is CN(C)C1(CNC(=O)Nc2cccc3cccnc23)CCCCCC1. The summed E-state index contributed by atoms with van der Waals surface area (Å²) < 4.78 is 0. The van der Waals surface area contributed by atoms with Crippen molar-refractivity contribution in [1.29, 1.82) is 0 Å². The Labute approximate surface area is 149 Å². The zero-order chi connectivity index (χ0) is 17.7. The van der Waals surface area contributed by atoms with Gasteiger partial charge in [0.15, 0.2) is 0 Å². The minimum absolute atomic E-state index is 0.0604. The third-order valence-corrected chi connectivity index (χ3v) is 5.44. The number of benzene rings is 1. The summed E-state index contributed by atoms with van der Waals surface area (Å²) in [5.41, 5.74) is 1.62. The summed E-state index contributed by atoms with van der Waals surface area (Å²) in [5, 5.41) is 7.08. The molecule has 0 radical (unpaired) electrons. The lowest BCUT2D eigenvalue weighted by molar-refractivity contribution is 0.129. The second-order valence-corrected chi connectivity index (χ2v) is 7.22. The topological polar surface area (TPSA) is 57.3 Å².